The predicted molar refractivity (Wildman–Crippen MR) is 63.5 cm³/mol. The Kier molecular flexibility index (Phi) is 4.43. The highest BCUT2D eigenvalue weighted by Gasteiger charge is 2.21. The number of hydrogen-bond acceptors (Lipinski definition) is 1. The van der Waals surface area contributed by atoms with Crippen LogP contribution in [0.3, 0.4) is 0 Å². The van der Waals surface area contributed by atoms with E-state index in [2.05, 4.69) is 33.0 Å². The highest BCUT2D eigenvalue weighted by molar-refractivity contribution is 4.77. The Morgan fingerprint density at radius 3 is 2.21 bits per heavy atom. The van der Waals surface area contributed by atoms with Gasteiger partial charge in [-0.25, -0.2) is 0 Å². The minimum Gasteiger partial charge on any atom is -0.313 e. The largest absolute Gasteiger partial charge is 0.313 e. The summed E-state index contributed by atoms with van der Waals surface area (Å²) < 4.78 is 0. The first-order chi connectivity index (χ1) is 6.49. The van der Waals surface area contributed by atoms with E-state index in [0.717, 1.165) is 18.5 Å². The van der Waals surface area contributed by atoms with Gasteiger partial charge < -0.3 is 5.32 Å². The molecule has 1 heteroatoms. The van der Waals surface area contributed by atoms with Gasteiger partial charge in [0.25, 0.3) is 0 Å². The van der Waals surface area contributed by atoms with Crippen LogP contribution in [0.25, 0.3) is 0 Å². The fourth-order valence-electron chi connectivity index (χ4n) is 2.27. The second-order valence-electron chi connectivity index (χ2n) is 6.13. The molecule has 0 aromatic heterocycles. The van der Waals surface area contributed by atoms with Crippen LogP contribution in [-0.4, -0.2) is 12.6 Å². The Labute approximate surface area is 89.7 Å². The molecule has 0 aromatic rings. The van der Waals surface area contributed by atoms with Crippen molar-refractivity contribution in [1.29, 1.82) is 0 Å². The lowest BCUT2D eigenvalue weighted by molar-refractivity contribution is 0.256. The summed E-state index contributed by atoms with van der Waals surface area (Å²) in [7, 11) is 0. The average Bonchev–Trinajstić information content (AvgIpc) is 2.14. The van der Waals surface area contributed by atoms with E-state index in [0.29, 0.717) is 5.41 Å². The van der Waals surface area contributed by atoms with Crippen LogP contribution in [0.1, 0.15) is 59.8 Å². The molecule has 1 atom stereocenters. The smallest absolute Gasteiger partial charge is 0.00672 e. The fourth-order valence-corrected chi connectivity index (χ4v) is 2.27. The minimum absolute atomic E-state index is 0.420. The normalized spacial score (nSPS) is 22.3. The van der Waals surface area contributed by atoms with Crippen molar-refractivity contribution in [2.24, 2.45) is 11.3 Å². The van der Waals surface area contributed by atoms with Crippen LogP contribution in [0, 0.1) is 11.3 Å². The van der Waals surface area contributed by atoms with E-state index in [1.54, 1.807) is 0 Å². The van der Waals surface area contributed by atoms with Gasteiger partial charge in [-0.3, -0.25) is 0 Å². The van der Waals surface area contributed by atoms with Crippen molar-refractivity contribution in [2.45, 2.75) is 65.8 Å². The molecule has 0 spiro atoms. The summed E-state index contributed by atoms with van der Waals surface area (Å²) in [6.07, 6.45) is 7.25. The predicted octanol–water partition coefficient (Wildman–Crippen LogP) is 3.59. The fraction of sp³-hybridized carbons (Fsp3) is 1.00. The SMILES string of the molecule is CC(NCC(C)(C)C)C1CCCCC1. The molecule has 0 aromatic carbocycles. The molecule has 1 saturated carbocycles. The zero-order chi connectivity index (χ0) is 10.6. The molecule has 1 nitrogen and oxygen atoms in total. The standard InChI is InChI=1S/C13H27N/c1-11(14-10-13(2,3)4)12-8-6-5-7-9-12/h11-12,14H,5-10H2,1-4H3. The first-order valence-corrected chi connectivity index (χ1v) is 6.22. The Morgan fingerprint density at radius 1 is 1.14 bits per heavy atom. The molecule has 0 aliphatic heterocycles. The lowest BCUT2D eigenvalue weighted by Gasteiger charge is -2.31. The quantitative estimate of drug-likeness (QED) is 0.729. The summed E-state index contributed by atoms with van der Waals surface area (Å²) in [5.41, 5.74) is 0.420. The molecule has 0 radical (unpaired) electrons. The Balaban J connectivity index is 2.23. The summed E-state index contributed by atoms with van der Waals surface area (Å²) in [6.45, 7) is 10.4. The third kappa shape index (κ3) is 4.45. The third-order valence-electron chi connectivity index (χ3n) is 3.31. The van der Waals surface area contributed by atoms with Gasteiger partial charge >= 0.3 is 0 Å². The Morgan fingerprint density at radius 2 is 1.71 bits per heavy atom. The molecule has 1 N–H and O–H groups in total. The maximum absolute atomic E-state index is 3.69. The molecule has 14 heavy (non-hydrogen) atoms. The van der Waals surface area contributed by atoms with Gasteiger partial charge in [0.2, 0.25) is 0 Å². The molecule has 0 saturated heterocycles. The van der Waals surface area contributed by atoms with Crippen molar-refractivity contribution >= 4 is 0 Å². The molecule has 0 heterocycles. The van der Waals surface area contributed by atoms with Crippen molar-refractivity contribution in [3.05, 3.63) is 0 Å². The lowest BCUT2D eigenvalue weighted by atomic mass is 9.84. The molecule has 1 fully saturated rings. The van der Waals surface area contributed by atoms with E-state index in [9.17, 15) is 0 Å². The number of rotatable bonds is 3. The van der Waals surface area contributed by atoms with E-state index in [1.165, 1.54) is 32.1 Å². The highest BCUT2D eigenvalue weighted by atomic mass is 14.9. The van der Waals surface area contributed by atoms with Crippen LogP contribution in [0.4, 0.5) is 0 Å². The highest BCUT2D eigenvalue weighted by Crippen LogP contribution is 2.26. The lowest BCUT2D eigenvalue weighted by Crippen LogP contribution is -2.39. The first-order valence-electron chi connectivity index (χ1n) is 6.22. The van der Waals surface area contributed by atoms with Gasteiger partial charge in [0, 0.05) is 12.6 Å². The molecule has 1 aliphatic carbocycles. The maximum atomic E-state index is 3.69. The van der Waals surface area contributed by atoms with Crippen LogP contribution in [0.2, 0.25) is 0 Å². The van der Waals surface area contributed by atoms with Crippen molar-refractivity contribution in [3.63, 3.8) is 0 Å². The van der Waals surface area contributed by atoms with E-state index < -0.39 is 0 Å². The van der Waals surface area contributed by atoms with Gasteiger partial charge in [-0.2, -0.15) is 0 Å². The van der Waals surface area contributed by atoms with Crippen molar-refractivity contribution in [2.75, 3.05) is 6.54 Å². The van der Waals surface area contributed by atoms with E-state index in [4.69, 9.17) is 0 Å². The molecule has 0 amide bonds. The average molecular weight is 197 g/mol. The van der Waals surface area contributed by atoms with Crippen LogP contribution >= 0.6 is 0 Å². The van der Waals surface area contributed by atoms with E-state index in [-0.39, 0.29) is 0 Å². The second kappa shape index (κ2) is 5.16. The van der Waals surface area contributed by atoms with Crippen LogP contribution in [0.5, 0.6) is 0 Å². The molecule has 0 bridgehead atoms. The summed E-state index contributed by atoms with van der Waals surface area (Å²) in [6, 6.07) is 0.717. The van der Waals surface area contributed by atoms with Crippen LogP contribution < -0.4 is 5.32 Å². The van der Waals surface area contributed by atoms with Crippen molar-refractivity contribution < 1.29 is 0 Å². The first kappa shape index (κ1) is 12.0. The van der Waals surface area contributed by atoms with Gasteiger partial charge in [0.1, 0.15) is 0 Å². The molecule has 1 aliphatic rings. The summed E-state index contributed by atoms with van der Waals surface area (Å²) in [5, 5.41) is 3.69. The molecular formula is C13H27N. The third-order valence-corrected chi connectivity index (χ3v) is 3.31. The van der Waals surface area contributed by atoms with Gasteiger partial charge in [-0.15, -0.1) is 0 Å². The van der Waals surface area contributed by atoms with Crippen molar-refractivity contribution in [1.82, 2.24) is 5.32 Å². The topological polar surface area (TPSA) is 12.0 Å². The Bertz CT molecular complexity index is 151. The Hall–Kier alpha value is -0.0400. The molecule has 84 valence electrons. The van der Waals surface area contributed by atoms with Gasteiger partial charge in [0.05, 0.1) is 0 Å². The van der Waals surface area contributed by atoms with Gasteiger partial charge in [-0.1, -0.05) is 40.0 Å². The minimum atomic E-state index is 0.420. The number of hydrogen-bond donors (Lipinski definition) is 1. The van der Waals surface area contributed by atoms with Crippen LogP contribution in [-0.2, 0) is 0 Å². The van der Waals surface area contributed by atoms with E-state index in [1.807, 2.05) is 0 Å². The molecule has 1 unspecified atom stereocenters. The molecule has 1 rings (SSSR count). The van der Waals surface area contributed by atoms with Crippen molar-refractivity contribution in [3.8, 4) is 0 Å². The van der Waals surface area contributed by atoms with Gasteiger partial charge in [0.15, 0.2) is 0 Å². The summed E-state index contributed by atoms with van der Waals surface area (Å²) in [5.74, 6) is 0.936. The monoisotopic (exact) mass is 197 g/mol. The second-order valence-corrected chi connectivity index (χ2v) is 6.13. The van der Waals surface area contributed by atoms with Gasteiger partial charge in [-0.05, 0) is 31.1 Å². The number of nitrogens with one attached hydrogen (secondary N) is 1. The molecular weight excluding hydrogens is 170 g/mol. The van der Waals surface area contributed by atoms with E-state index >= 15 is 0 Å². The maximum Gasteiger partial charge on any atom is 0.00672 e. The zero-order valence-corrected chi connectivity index (χ0v) is 10.4. The zero-order valence-electron chi connectivity index (χ0n) is 10.4. The summed E-state index contributed by atoms with van der Waals surface area (Å²) >= 11 is 0. The summed E-state index contributed by atoms with van der Waals surface area (Å²) in [4.78, 5) is 0. The van der Waals surface area contributed by atoms with Crippen LogP contribution in [0.15, 0.2) is 0 Å².